The number of hydrogen-bond acceptors (Lipinski definition) is 5. The summed E-state index contributed by atoms with van der Waals surface area (Å²) < 4.78 is 37.9. The number of aromatic nitrogens is 1. The lowest BCUT2D eigenvalue weighted by atomic mass is 10.2. The molecule has 2 atom stereocenters. The number of amides is 1. The van der Waals surface area contributed by atoms with Gasteiger partial charge in [-0.05, 0) is 25.3 Å². The Morgan fingerprint density at radius 1 is 1.52 bits per heavy atom. The molecular weight excluding hydrogens is 377 g/mol. The fourth-order valence-corrected chi connectivity index (χ4v) is 3.90. The van der Waals surface area contributed by atoms with Crippen molar-refractivity contribution in [3.8, 4) is 6.07 Å². The Kier molecular flexibility index (Phi) is 4.88. The molecule has 0 aromatic carbocycles. The summed E-state index contributed by atoms with van der Waals surface area (Å²) in [6.07, 6.45) is -1.94. The average Bonchev–Trinajstić information content (AvgIpc) is 3.15. The van der Waals surface area contributed by atoms with Crippen LogP contribution in [0.4, 0.5) is 13.2 Å². The van der Waals surface area contributed by atoms with E-state index in [4.69, 9.17) is 16.9 Å². The Bertz CT molecular complexity index is 732. The van der Waals surface area contributed by atoms with E-state index >= 15 is 0 Å². The second-order valence-electron chi connectivity index (χ2n) is 6.13. The first-order valence-corrected chi connectivity index (χ1v) is 8.84. The van der Waals surface area contributed by atoms with Crippen molar-refractivity contribution in [2.45, 2.75) is 47.3 Å². The minimum Gasteiger partial charge on any atom is -0.336 e. The fourth-order valence-electron chi connectivity index (χ4n) is 2.53. The van der Waals surface area contributed by atoms with E-state index in [2.05, 4.69) is 21.7 Å². The highest BCUT2D eigenvalue weighted by atomic mass is 35.5. The molecular formula is C15H14ClF3N4OS. The number of halogens is 4. The third kappa shape index (κ3) is 4.19. The molecule has 2 heterocycles. The Morgan fingerprint density at radius 2 is 2.24 bits per heavy atom. The molecule has 1 saturated carbocycles. The lowest BCUT2D eigenvalue weighted by molar-refractivity contribution is -0.137. The van der Waals surface area contributed by atoms with Gasteiger partial charge in [0, 0.05) is 18.0 Å². The maximum Gasteiger partial charge on any atom is 0.417 e. The van der Waals surface area contributed by atoms with Crippen molar-refractivity contribution in [2.75, 3.05) is 6.54 Å². The van der Waals surface area contributed by atoms with E-state index in [9.17, 15) is 18.0 Å². The number of carbonyl (C=O) groups is 1. The molecule has 0 radical (unpaired) electrons. The summed E-state index contributed by atoms with van der Waals surface area (Å²) in [5, 5.41) is 15.0. The molecule has 5 nitrogen and oxygen atoms in total. The quantitative estimate of drug-likeness (QED) is 0.826. The molecule has 25 heavy (non-hydrogen) atoms. The molecule has 1 amide bonds. The molecule has 1 aliphatic carbocycles. The largest absolute Gasteiger partial charge is 0.417 e. The number of carbonyl (C=O) groups excluding carboxylic acids is 1. The van der Waals surface area contributed by atoms with Gasteiger partial charge in [-0.1, -0.05) is 11.6 Å². The van der Waals surface area contributed by atoms with Crippen molar-refractivity contribution in [3.05, 3.63) is 22.8 Å². The number of nitriles is 1. The molecule has 1 aromatic heterocycles. The predicted molar refractivity (Wildman–Crippen MR) is 86.0 cm³/mol. The van der Waals surface area contributed by atoms with Gasteiger partial charge in [0.1, 0.15) is 10.6 Å². The van der Waals surface area contributed by atoms with E-state index in [0.29, 0.717) is 30.8 Å². The van der Waals surface area contributed by atoms with Crippen molar-refractivity contribution in [3.63, 3.8) is 0 Å². The minimum atomic E-state index is -4.49. The summed E-state index contributed by atoms with van der Waals surface area (Å²) in [4.78, 5) is 16.0. The number of alkyl halides is 3. The number of rotatable bonds is 4. The smallest absolute Gasteiger partial charge is 0.336 e. The van der Waals surface area contributed by atoms with E-state index in [-0.39, 0.29) is 16.2 Å². The topological polar surface area (TPSA) is 77.8 Å². The SMILES string of the molecule is N#CC1(NC(=O)C2CC(Sc3ncc(C(F)(F)F)cc3Cl)CN2)CC1. The van der Waals surface area contributed by atoms with Gasteiger partial charge in [-0.2, -0.15) is 18.4 Å². The van der Waals surface area contributed by atoms with Gasteiger partial charge < -0.3 is 10.6 Å². The highest BCUT2D eigenvalue weighted by Gasteiger charge is 2.46. The summed E-state index contributed by atoms with van der Waals surface area (Å²) in [6.45, 7) is 0.501. The molecule has 3 rings (SSSR count). The van der Waals surface area contributed by atoms with Crippen molar-refractivity contribution in [1.29, 1.82) is 5.26 Å². The van der Waals surface area contributed by atoms with Gasteiger partial charge in [-0.3, -0.25) is 4.79 Å². The molecule has 2 aliphatic rings. The van der Waals surface area contributed by atoms with Crippen LogP contribution in [0.3, 0.4) is 0 Å². The monoisotopic (exact) mass is 390 g/mol. The zero-order chi connectivity index (χ0) is 18.2. The minimum absolute atomic E-state index is 0.0466. The molecule has 0 spiro atoms. The van der Waals surface area contributed by atoms with Crippen molar-refractivity contribution in [1.82, 2.24) is 15.6 Å². The lowest BCUT2D eigenvalue weighted by Gasteiger charge is -2.14. The highest BCUT2D eigenvalue weighted by Crippen LogP contribution is 2.37. The highest BCUT2D eigenvalue weighted by molar-refractivity contribution is 8.00. The van der Waals surface area contributed by atoms with Gasteiger partial charge in [0.2, 0.25) is 5.91 Å². The molecule has 2 fully saturated rings. The van der Waals surface area contributed by atoms with Crippen LogP contribution in [-0.2, 0) is 11.0 Å². The molecule has 0 bridgehead atoms. The van der Waals surface area contributed by atoms with Crippen LogP contribution in [0.25, 0.3) is 0 Å². The van der Waals surface area contributed by atoms with E-state index in [1.165, 1.54) is 11.8 Å². The zero-order valence-electron chi connectivity index (χ0n) is 12.9. The van der Waals surface area contributed by atoms with Gasteiger partial charge >= 0.3 is 6.18 Å². The van der Waals surface area contributed by atoms with E-state index in [1.54, 1.807) is 0 Å². The summed E-state index contributed by atoms with van der Waals surface area (Å²) in [5.74, 6) is -0.228. The number of hydrogen-bond donors (Lipinski definition) is 2. The molecule has 134 valence electrons. The second kappa shape index (κ2) is 6.67. The number of pyridine rings is 1. The van der Waals surface area contributed by atoms with Gasteiger partial charge in [0.15, 0.2) is 0 Å². The normalized spacial score (nSPS) is 24.6. The zero-order valence-corrected chi connectivity index (χ0v) is 14.4. The summed E-state index contributed by atoms with van der Waals surface area (Å²) >= 11 is 7.15. The van der Waals surface area contributed by atoms with Crippen LogP contribution >= 0.6 is 23.4 Å². The number of nitrogens with zero attached hydrogens (tertiary/aromatic N) is 2. The van der Waals surface area contributed by atoms with Crippen molar-refractivity contribution < 1.29 is 18.0 Å². The van der Waals surface area contributed by atoms with Crippen LogP contribution in [0.2, 0.25) is 5.02 Å². The molecule has 1 aromatic rings. The first-order chi connectivity index (χ1) is 11.7. The Balaban J connectivity index is 1.58. The van der Waals surface area contributed by atoms with Crippen molar-refractivity contribution in [2.24, 2.45) is 0 Å². The van der Waals surface area contributed by atoms with E-state index in [0.717, 1.165) is 12.3 Å². The Hall–Kier alpha value is -1.50. The predicted octanol–water partition coefficient (Wildman–Crippen LogP) is 2.75. The van der Waals surface area contributed by atoms with Gasteiger partial charge in [0.25, 0.3) is 0 Å². The van der Waals surface area contributed by atoms with Gasteiger partial charge in [0.05, 0.1) is 22.7 Å². The molecule has 2 unspecified atom stereocenters. The summed E-state index contributed by atoms with van der Waals surface area (Å²) in [6, 6.07) is 2.52. The third-order valence-corrected chi connectivity index (χ3v) is 5.79. The Labute approximate surface area is 151 Å². The molecule has 2 N–H and O–H groups in total. The van der Waals surface area contributed by atoms with Crippen LogP contribution in [-0.4, -0.2) is 34.3 Å². The fraction of sp³-hybridized carbons (Fsp3) is 0.533. The van der Waals surface area contributed by atoms with Crippen LogP contribution < -0.4 is 10.6 Å². The van der Waals surface area contributed by atoms with E-state index in [1.807, 2.05) is 0 Å². The third-order valence-electron chi connectivity index (χ3n) is 4.15. The van der Waals surface area contributed by atoms with Crippen LogP contribution in [0, 0.1) is 11.3 Å². The first-order valence-electron chi connectivity index (χ1n) is 7.58. The maximum atomic E-state index is 12.6. The maximum absolute atomic E-state index is 12.6. The van der Waals surface area contributed by atoms with Crippen LogP contribution in [0.5, 0.6) is 0 Å². The average molecular weight is 391 g/mol. The van der Waals surface area contributed by atoms with Gasteiger partial charge in [-0.15, -0.1) is 11.8 Å². The Morgan fingerprint density at radius 3 is 2.80 bits per heavy atom. The molecule has 10 heteroatoms. The molecule has 1 saturated heterocycles. The van der Waals surface area contributed by atoms with E-state index < -0.39 is 23.3 Å². The van der Waals surface area contributed by atoms with Crippen LogP contribution in [0.1, 0.15) is 24.8 Å². The van der Waals surface area contributed by atoms with Crippen LogP contribution in [0.15, 0.2) is 17.3 Å². The number of nitrogens with one attached hydrogen (secondary N) is 2. The van der Waals surface area contributed by atoms with Crippen molar-refractivity contribution >= 4 is 29.3 Å². The standard InChI is InChI=1S/C15H14ClF3N4OS/c16-10-3-8(15(17,18)19)5-22-13(10)25-9-4-11(21-6-9)12(24)23-14(7-20)1-2-14/h3,5,9,11,21H,1-2,4,6H2,(H,23,24). The summed E-state index contributed by atoms with van der Waals surface area (Å²) in [5.41, 5.74) is -1.61. The summed E-state index contributed by atoms with van der Waals surface area (Å²) in [7, 11) is 0. The number of thioether (sulfide) groups is 1. The second-order valence-corrected chi connectivity index (χ2v) is 7.82. The first kappa shape index (κ1) is 18.3. The molecule has 1 aliphatic heterocycles. The van der Waals surface area contributed by atoms with Gasteiger partial charge in [-0.25, -0.2) is 4.98 Å². The lowest BCUT2D eigenvalue weighted by Crippen LogP contribution is -2.45.